The Labute approximate surface area is 111 Å². The summed E-state index contributed by atoms with van der Waals surface area (Å²) in [5, 5.41) is 0. The molecule has 0 saturated carbocycles. The molecule has 0 radical (unpaired) electrons. The molecule has 0 bridgehead atoms. The third-order valence-corrected chi connectivity index (χ3v) is 4.48. The van der Waals surface area contributed by atoms with Crippen LogP contribution in [-0.4, -0.2) is 34.1 Å². The van der Waals surface area contributed by atoms with Crippen LogP contribution in [0.3, 0.4) is 0 Å². The number of carbonyl (C=O) groups excluding carboxylic acids is 1. The highest BCUT2D eigenvalue weighted by Gasteiger charge is 2.23. The van der Waals surface area contributed by atoms with Crippen LogP contribution >= 0.6 is 11.8 Å². The Hall–Kier alpha value is -1.17. The van der Waals surface area contributed by atoms with Crippen LogP contribution in [-0.2, 0) is 17.7 Å². The number of ether oxygens (including phenoxy) is 1. The number of thioether (sulfide) groups is 1. The first-order valence-corrected chi connectivity index (χ1v) is 7.33. The molecule has 1 fully saturated rings. The molecule has 1 atom stereocenters. The lowest BCUT2D eigenvalue weighted by Crippen LogP contribution is -2.15. The topological polar surface area (TPSA) is 70.1 Å². The number of hydrogen-bond donors (Lipinski definition) is 1. The highest BCUT2D eigenvalue weighted by atomic mass is 32.2. The number of nitrogens with zero attached hydrogens (tertiary/aromatic N) is 2. The van der Waals surface area contributed by atoms with Gasteiger partial charge in [-0.1, -0.05) is 6.92 Å². The number of methoxy groups -OCH3 is 1. The zero-order chi connectivity index (χ0) is 13.1. The molecule has 1 aromatic heterocycles. The van der Waals surface area contributed by atoms with E-state index in [2.05, 4.69) is 4.98 Å². The number of imidazole rings is 1. The van der Waals surface area contributed by atoms with Gasteiger partial charge in [-0.15, -0.1) is 0 Å². The third kappa shape index (κ3) is 2.48. The van der Waals surface area contributed by atoms with Gasteiger partial charge in [-0.25, -0.2) is 9.78 Å². The summed E-state index contributed by atoms with van der Waals surface area (Å²) in [5.74, 6) is 3.85. The Bertz CT molecular complexity index is 439. The molecule has 0 aliphatic carbocycles. The molecule has 18 heavy (non-hydrogen) atoms. The quantitative estimate of drug-likeness (QED) is 0.840. The first-order chi connectivity index (χ1) is 8.67. The summed E-state index contributed by atoms with van der Waals surface area (Å²) in [6.07, 6.45) is 1.97. The van der Waals surface area contributed by atoms with Crippen molar-refractivity contribution in [1.29, 1.82) is 0 Å². The van der Waals surface area contributed by atoms with E-state index >= 15 is 0 Å². The van der Waals surface area contributed by atoms with Crippen molar-refractivity contribution in [2.75, 3.05) is 24.3 Å². The van der Waals surface area contributed by atoms with Gasteiger partial charge < -0.3 is 15.0 Å². The molecule has 1 aliphatic rings. The minimum Gasteiger partial charge on any atom is -0.464 e. The minimum absolute atomic E-state index is 0.250. The van der Waals surface area contributed by atoms with Crippen molar-refractivity contribution >= 4 is 23.5 Å². The van der Waals surface area contributed by atoms with Gasteiger partial charge in [-0.2, -0.15) is 11.8 Å². The maximum atomic E-state index is 11.6. The number of nitrogens with two attached hydrogens (primary N) is 1. The van der Waals surface area contributed by atoms with Crippen LogP contribution in [0, 0.1) is 5.92 Å². The molecule has 0 spiro atoms. The first-order valence-electron chi connectivity index (χ1n) is 6.18. The molecule has 1 aromatic rings. The number of rotatable bonds is 4. The van der Waals surface area contributed by atoms with E-state index in [4.69, 9.17) is 10.5 Å². The van der Waals surface area contributed by atoms with Crippen molar-refractivity contribution in [2.45, 2.75) is 26.3 Å². The summed E-state index contributed by atoms with van der Waals surface area (Å²) >= 11 is 1.97. The predicted octanol–water partition coefficient (Wildman–Crippen LogP) is 1.57. The van der Waals surface area contributed by atoms with Gasteiger partial charge in [0.05, 0.1) is 7.11 Å². The van der Waals surface area contributed by atoms with E-state index in [-0.39, 0.29) is 5.69 Å². The lowest BCUT2D eigenvalue weighted by atomic mass is 10.1. The number of nitrogen functional groups attached to an aromatic ring is 1. The van der Waals surface area contributed by atoms with Gasteiger partial charge in [0.15, 0.2) is 5.69 Å². The fraction of sp³-hybridized carbons (Fsp3) is 0.667. The van der Waals surface area contributed by atoms with Crippen LogP contribution in [0.5, 0.6) is 0 Å². The van der Waals surface area contributed by atoms with E-state index in [1.165, 1.54) is 19.3 Å². The zero-order valence-corrected chi connectivity index (χ0v) is 11.6. The molecule has 2 rings (SSSR count). The summed E-state index contributed by atoms with van der Waals surface area (Å²) in [4.78, 5) is 15.9. The number of hydrogen-bond acceptors (Lipinski definition) is 5. The summed E-state index contributed by atoms with van der Waals surface area (Å²) < 4.78 is 6.68. The Kier molecular flexibility index (Phi) is 4.16. The summed E-state index contributed by atoms with van der Waals surface area (Å²) in [6.45, 7) is 2.87. The van der Waals surface area contributed by atoms with Crippen LogP contribution in [0.2, 0.25) is 0 Å². The van der Waals surface area contributed by atoms with Gasteiger partial charge in [0.25, 0.3) is 0 Å². The maximum absolute atomic E-state index is 11.6. The standard InChI is InChI=1S/C12H19N3O2S/c1-3-9-14-10(12(16)17-2)11(13)15(9)6-8-4-5-18-7-8/h8H,3-7,13H2,1-2H3. The Morgan fingerprint density at radius 3 is 3.00 bits per heavy atom. The lowest BCUT2D eigenvalue weighted by molar-refractivity contribution is 0.0595. The molecular formula is C12H19N3O2S. The summed E-state index contributed by atoms with van der Waals surface area (Å²) in [7, 11) is 1.35. The van der Waals surface area contributed by atoms with E-state index in [0.717, 1.165) is 24.5 Å². The Morgan fingerprint density at radius 2 is 2.44 bits per heavy atom. The molecule has 1 aliphatic heterocycles. The van der Waals surface area contributed by atoms with Crippen molar-refractivity contribution in [3.8, 4) is 0 Å². The number of aryl methyl sites for hydroxylation is 1. The van der Waals surface area contributed by atoms with E-state index in [9.17, 15) is 4.79 Å². The van der Waals surface area contributed by atoms with Crippen molar-refractivity contribution in [3.63, 3.8) is 0 Å². The predicted molar refractivity (Wildman–Crippen MR) is 72.8 cm³/mol. The van der Waals surface area contributed by atoms with Crippen LogP contribution < -0.4 is 5.73 Å². The number of esters is 1. The average Bonchev–Trinajstić information content (AvgIpc) is 2.99. The fourth-order valence-corrected chi connectivity index (χ4v) is 3.49. The average molecular weight is 269 g/mol. The van der Waals surface area contributed by atoms with E-state index < -0.39 is 5.97 Å². The highest BCUT2D eigenvalue weighted by molar-refractivity contribution is 7.99. The molecule has 6 heteroatoms. The molecule has 100 valence electrons. The third-order valence-electron chi connectivity index (χ3n) is 3.25. The second-order valence-corrected chi connectivity index (χ2v) is 5.60. The zero-order valence-electron chi connectivity index (χ0n) is 10.8. The molecule has 2 N–H and O–H groups in total. The van der Waals surface area contributed by atoms with Crippen LogP contribution in [0.4, 0.5) is 5.82 Å². The largest absolute Gasteiger partial charge is 0.464 e. The van der Waals surface area contributed by atoms with Crippen LogP contribution in [0.15, 0.2) is 0 Å². The molecular weight excluding hydrogens is 250 g/mol. The Morgan fingerprint density at radius 1 is 1.67 bits per heavy atom. The Balaban J connectivity index is 2.26. The smallest absolute Gasteiger partial charge is 0.360 e. The molecule has 2 heterocycles. The molecule has 0 amide bonds. The van der Waals surface area contributed by atoms with Gasteiger partial charge in [0, 0.05) is 13.0 Å². The van der Waals surface area contributed by atoms with Crippen molar-refractivity contribution in [2.24, 2.45) is 5.92 Å². The summed E-state index contributed by atoms with van der Waals surface area (Å²) in [6, 6.07) is 0. The second-order valence-electron chi connectivity index (χ2n) is 4.45. The fourth-order valence-electron chi connectivity index (χ4n) is 2.22. The highest BCUT2D eigenvalue weighted by Crippen LogP contribution is 2.27. The molecule has 1 saturated heterocycles. The monoisotopic (exact) mass is 269 g/mol. The molecule has 1 unspecified atom stereocenters. The SMILES string of the molecule is CCc1nc(C(=O)OC)c(N)n1CC1CCSC1. The van der Waals surface area contributed by atoms with Gasteiger partial charge in [-0.3, -0.25) is 0 Å². The molecule has 0 aromatic carbocycles. The normalized spacial score (nSPS) is 19.1. The van der Waals surface area contributed by atoms with Crippen molar-refractivity contribution in [1.82, 2.24) is 9.55 Å². The van der Waals surface area contributed by atoms with E-state index in [1.54, 1.807) is 0 Å². The van der Waals surface area contributed by atoms with E-state index in [1.807, 2.05) is 23.3 Å². The lowest BCUT2D eigenvalue weighted by Gasteiger charge is -2.13. The minimum atomic E-state index is -0.457. The second kappa shape index (κ2) is 5.65. The van der Waals surface area contributed by atoms with Gasteiger partial charge in [0.1, 0.15) is 11.6 Å². The van der Waals surface area contributed by atoms with E-state index in [0.29, 0.717) is 11.7 Å². The molecule has 5 nitrogen and oxygen atoms in total. The first kappa shape index (κ1) is 13.3. The van der Waals surface area contributed by atoms with Crippen LogP contribution in [0.1, 0.15) is 29.7 Å². The van der Waals surface area contributed by atoms with Gasteiger partial charge in [-0.05, 0) is 23.8 Å². The van der Waals surface area contributed by atoms with Crippen LogP contribution in [0.25, 0.3) is 0 Å². The summed E-state index contributed by atoms with van der Waals surface area (Å²) in [5.41, 5.74) is 6.28. The van der Waals surface area contributed by atoms with Gasteiger partial charge in [0.2, 0.25) is 0 Å². The number of carbonyl (C=O) groups is 1. The van der Waals surface area contributed by atoms with Gasteiger partial charge >= 0.3 is 5.97 Å². The van der Waals surface area contributed by atoms with Crippen molar-refractivity contribution < 1.29 is 9.53 Å². The number of aromatic nitrogens is 2. The number of anilines is 1. The van der Waals surface area contributed by atoms with Crippen molar-refractivity contribution in [3.05, 3.63) is 11.5 Å². The maximum Gasteiger partial charge on any atom is 0.360 e.